The minimum absolute atomic E-state index is 0.0729. The van der Waals surface area contributed by atoms with E-state index in [4.69, 9.17) is 37.9 Å². The van der Waals surface area contributed by atoms with E-state index in [1.165, 1.54) is 7.11 Å². The predicted molar refractivity (Wildman–Crippen MR) is 198 cm³/mol. The summed E-state index contributed by atoms with van der Waals surface area (Å²) in [6.45, 7) is 9.59. The molecular formula is C41H68O15. The molecule has 3 aliphatic heterocycles. The van der Waals surface area contributed by atoms with Gasteiger partial charge in [-0.25, -0.2) is 0 Å². The Kier molecular flexibility index (Phi) is 12.8. The zero-order valence-electron chi connectivity index (χ0n) is 34.0. The predicted octanol–water partition coefficient (Wildman–Crippen LogP) is 1.14. The fourth-order valence-electron chi connectivity index (χ4n) is 12.2. The number of hydrogen-bond donors (Lipinski definition) is 7. The topological polar surface area (TPSA) is 215 Å². The Morgan fingerprint density at radius 3 is 2.14 bits per heavy atom. The highest BCUT2D eigenvalue weighted by atomic mass is 16.7. The van der Waals surface area contributed by atoms with E-state index in [0.717, 1.165) is 38.5 Å². The normalized spacial score (nSPS) is 55.2. The van der Waals surface area contributed by atoms with Gasteiger partial charge in [0.15, 0.2) is 18.9 Å². The molecule has 23 atom stereocenters. The fourth-order valence-corrected chi connectivity index (χ4v) is 12.2. The number of methoxy groups -OCH3 is 2. The second-order valence-corrected chi connectivity index (χ2v) is 18.5. The van der Waals surface area contributed by atoms with E-state index in [1.54, 1.807) is 21.0 Å². The summed E-state index contributed by atoms with van der Waals surface area (Å²) >= 11 is 0. The standard InChI is InChI=1S/C41H68O15/c1-19-30(43)36(50-7)34(47)38(52-19)54-23-10-13-39(4)22(16-23)8-9-24-25(39)11-14-40(5)26(24)12-15-41(40,48)21(3)53-29-17-27(49-6)35(20(2)51-29)56-37-33(46)32(45)31(44)28(18-42)55-37/h8-9,19-38,42-48H,10-18H2,1-7H3/t19-,20-,21-,22+,23+,24-,25+,26+,27-,28-,29+,30+,31-,32+,33-,34-,35+,36+,37+,38+,39+,40+,41+/m1/s1. The fraction of sp³-hybridized carbons (Fsp3) is 0.951. The quantitative estimate of drug-likeness (QED) is 0.154. The number of ether oxygens (including phenoxy) is 8. The summed E-state index contributed by atoms with van der Waals surface area (Å²) in [6, 6.07) is 0. The van der Waals surface area contributed by atoms with Gasteiger partial charge in [-0.3, -0.25) is 0 Å². The molecule has 7 aliphatic rings. The van der Waals surface area contributed by atoms with Crippen molar-refractivity contribution < 1.29 is 73.6 Å². The van der Waals surface area contributed by atoms with Crippen LogP contribution in [0.5, 0.6) is 0 Å². The summed E-state index contributed by atoms with van der Waals surface area (Å²) in [4.78, 5) is 0. The van der Waals surface area contributed by atoms with Gasteiger partial charge in [-0.2, -0.15) is 0 Å². The molecule has 0 spiro atoms. The first-order chi connectivity index (χ1) is 26.5. The lowest BCUT2D eigenvalue weighted by atomic mass is 9.46. The van der Waals surface area contributed by atoms with Crippen LogP contribution in [0.15, 0.2) is 12.2 Å². The number of rotatable bonds is 10. The monoisotopic (exact) mass is 800 g/mol. The molecule has 3 heterocycles. The lowest BCUT2D eigenvalue weighted by Gasteiger charge is -2.60. The maximum atomic E-state index is 12.7. The molecule has 0 bridgehead atoms. The molecule has 0 aromatic heterocycles. The van der Waals surface area contributed by atoms with Crippen molar-refractivity contribution in [2.45, 2.75) is 190 Å². The first-order valence-electron chi connectivity index (χ1n) is 20.9. The van der Waals surface area contributed by atoms with Crippen LogP contribution >= 0.6 is 0 Å². The highest BCUT2D eigenvalue weighted by Gasteiger charge is 2.66. The summed E-state index contributed by atoms with van der Waals surface area (Å²) in [5.41, 5.74) is -1.40. The molecule has 3 saturated heterocycles. The Bertz CT molecular complexity index is 1370. The molecule has 0 aromatic carbocycles. The van der Waals surface area contributed by atoms with E-state index >= 15 is 0 Å². The molecular weight excluding hydrogens is 732 g/mol. The van der Waals surface area contributed by atoms with Crippen LogP contribution in [0.2, 0.25) is 0 Å². The third kappa shape index (κ3) is 7.25. The highest BCUT2D eigenvalue weighted by molar-refractivity contribution is 5.21. The third-order valence-corrected chi connectivity index (χ3v) is 15.8. The van der Waals surface area contributed by atoms with Crippen LogP contribution in [0.1, 0.15) is 86.0 Å². The van der Waals surface area contributed by atoms with Crippen molar-refractivity contribution in [3.63, 3.8) is 0 Å². The maximum Gasteiger partial charge on any atom is 0.187 e. The third-order valence-electron chi connectivity index (χ3n) is 15.8. The molecule has 0 unspecified atom stereocenters. The van der Waals surface area contributed by atoms with E-state index in [2.05, 4.69) is 26.0 Å². The Hall–Kier alpha value is -0.860. The minimum atomic E-state index is -1.57. The number of aliphatic hydroxyl groups is 7. The number of allylic oxidation sites excluding steroid dienone is 2. The van der Waals surface area contributed by atoms with Gasteiger partial charge < -0.3 is 73.6 Å². The molecule has 0 aromatic rings. The highest BCUT2D eigenvalue weighted by Crippen LogP contribution is 2.67. The molecule has 322 valence electrons. The molecule has 7 rings (SSSR count). The summed E-state index contributed by atoms with van der Waals surface area (Å²) in [6.07, 6.45) is -3.32. The summed E-state index contributed by atoms with van der Waals surface area (Å²) < 4.78 is 48.0. The Morgan fingerprint density at radius 2 is 1.45 bits per heavy atom. The SMILES string of the molecule is CO[C@H]1[C@@H](O)[C@@H](C)O[C@@H](O[C@H]2CC[C@@]3(C)[C@@H](C=C[C@@H]4[C@@H]3CC[C@@]3(C)[C@H]4CC[C@]3(O)[C@@H](C)O[C@H]3C[C@@H](OC)[C@@H](O[C@@H]4O[C@H](CO)[C@@H](O)[C@H](O)[C@H]4O)[C@@H](C)O3)C2)[C@@H]1O. The van der Waals surface area contributed by atoms with Gasteiger partial charge >= 0.3 is 0 Å². The molecule has 0 amide bonds. The maximum absolute atomic E-state index is 12.7. The van der Waals surface area contributed by atoms with Gasteiger partial charge in [-0.05, 0) is 94.8 Å². The van der Waals surface area contributed by atoms with Crippen molar-refractivity contribution in [2.24, 2.45) is 34.5 Å². The smallest absolute Gasteiger partial charge is 0.187 e. The molecule has 3 saturated carbocycles. The van der Waals surface area contributed by atoms with E-state index in [0.29, 0.717) is 24.2 Å². The van der Waals surface area contributed by atoms with Crippen LogP contribution < -0.4 is 0 Å². The molecule has 15 heteroatoms. The molecule has 7 N–H and O–H groups in total. The first kappa shape index (κ1) is 43.2. The Balaban J connectivity index is 0.981. The average molecular weight is 801 g/mol. The lowest BCUT2D eigenvalue weighted by Crippen LogP contribution is -2.62. The Morgan fingerprint density at radius 1 is 0.732 bits per heavy atom. The largest absolute Gasteiger partial charge is 0.394 e. The van der Waals surface area contributed by atoms with Crippen molar-refractivity contribution in [3.05, 3.63) is 12.2 Å². The van der Waals surface area contributed by atoms with Gasteiger partial charge in [0, 0.05) is 26.1 Å². The van der Waals surface area contributed by atoms with E-state index in [9.17, 15) is 35.7 Å². The van der Waals surface area contributed by atoms with Crippen LogP contribution in [0.4, 0.5) is 0 Å². The van der Waals surface area contributed by atoms with Gasteiger partial charge in [0.1, 0.15) is 48.8 Å². The zero-order chi connectivity index (χ0) is 40.5. The van der Waals surface area contributed by atoms with E-state index < -0.39 is 104 Å². The van der Waals surface area contributed by atoms with Crippen LogP contribution in [0.25, 0.3) is 0 Å². The van der Waals surface area contributed by atoms with Gasteiger partial charge in [-0.15, -0.1) is 0 Å². The van der Waals surface area contributed by atoms with Crippen LogP contribution in [0, 0.1) is 34.5 Å². The lowest BCUT2D eigenvalue weighted by molar-refractivity contribution is -0.348. The Labute approximate surface area is 330 Å². The minimum Gasteiger partial charge on any atom is -0.394 e. The summed E-state index contributed by atoms with van der Waals surface area (Å²) in [5.74, 6) is 1.37. The van der Waals surface area contributed by atoms with Gasteiger partial charge in [0.2, 0.25) is 0 Å². The molecule has 6 fully saturated rings. The van der Waals surface area contributed by atoms with Crippen molar-refractivity contribution in [1.29, 1.82) is 0 Å². The molecule has 0 radical (unpaired) electrons. The molecule has 4 aliphatic carbocycles. The van der Waals surface area contributed by atoms with Gasteiger partial charge in [-0.1, -0.05) is 26.0 Å². The van der Waals surface area contributed by atoms with Crippen molar-refractivity contribution in [2.75, 3.05) is 20.8 Å². The van der Waals surface area contributed by atoms with E-state index in [-0.39, 0.29) is 29.3 Å². The second kappa shape index (κ2) is 16.5. The van der Waals surface area contributed by atoms with Crippen LogP contribution in [0.3, 0.4) is 0 Å². The van der Waals surface area contributed by atoms with Gasteiger partial charge in [0.05, 0.1) is 42.7 Å². The summed E-state index contributed by atoms with van der Waals surface area (Å²) in [5, 5.41) is 74.6. The number of fused-ring (bicyclic) bond motifs is 5. The van der Waals surface area contributed by atoms with Crippen molar-refractivity contribution in [3.8, 4) is 0 Å². The average Bonchev–Trinajstić information content (AvgIpc) is 3.46. The second-order valence-electron chi connectivity index (χ2n) is 18.5. The summed E-state index contributed by atoms with van der Waals surface area (Å²) in [7, 11) is 3.02. The number of aliphatic hydroxyl groups excluding tert-OH is 6. The van der Waals surface area contributed by atoms with Crippen LogP contribution in [-0.2, 0) is 37.9 Å². The van der Waals surface area contributed by atoms with Crippen LogP contribution in [-0.4, -0.2) is 160 Å². The van der Waals surface area contributed by atoms with Gasteiger partial charge in [0.25, 0.3) is 0 Å². The van der Waals surface area contributed by atoms with Crippen molar-refractivity contribution in [1.82, 2.24) is 0 Å². The first-order valence-corrected chi connectivity index (χ1v) is 20.9. The zero-order valence-corrected chi connectivity index (χ0v) is 34.0. The number of hydrogen-bond acceptors (Lipinski definition) is 15. The van der Waals surface area contributed by atoms with E-state index in [1.807, 2.05) is 6.92 Å². The molecule has 15 nitrogen and oxygen atoms in total. The molecule has 56 heavy (non-hydrogen) atoms. The van der Waals surface area contributed by atoms with Crippen molar-refractivity contribution >= 4 is 0 Å².